The molecule has 0 radical (unpaired) electrons. The smallest absolute Gasteiger partial charge is 0.295 e. The van der Waals surface area contributed by atoms with Gasteiger partial charge in [-0.3, -0.25) is 14.6 Å². The fraction of sp³-hybridized carbons (Fsp3) is 0.375. The van der Waals surface area contributed by atoms with Crippen LogP contribution in [0, 0.1) is 0 Å². The molecule has 1 aliphatic carbocycles. The van der Waals surface area contributed by atoms with Crippen molar-refractivity contribution in [2.24, 2.45) is 0 Å². The molecule has 1 unspecified atom stereocenters. The van der Waals surface area contributed by atoms with E-state index in [2.05, 4.69) is 4.98 Å². The highest BCUT2D eigenvalue weighted by Crippen LogP contribution is 2.42. The standard InChI is InChI=1S/C24H26N2O4/c1-2-30-18-13-11-16(12-14-18)22(27)20-21(19-10-6-7-15-25-19)26(24(29)23(20)28)17-8-4-3-5-9-17/h6-7,10-15,17,21,27H,2-5,8-9H2,1H3/b22-20-. The molecule has 156 valence electrons. The van der Waals surface area contributed by atoms with Crippen molar-refractivity contribution in [1.82, 2.24) is 9.88 Å². The third-order valence-electron chi connectivity index (χ3n) is 5.85. The Labute approximate surface area is 176 Å². The first kappa shape index (κ1) is 20.1. The molecule has 1 saturated heterocycles. The minimum Gasteiger partial charge on any atom is -0.507 e. The molecule has 6 heteroatoms. The number of carbonyl (C=O) groups is 2. The molecule has 2 aliphatic rings. The second-order valence-electron chi connectivity index (χ2n) is 7.71. The minimum absolute atomic E-state index is 0.0205. The summed E-state index contributed by atoms with van der Waals surface area (Å²) in [5.41, 5.74) is 1.17. The zero-order valence-electron chi connectivity index (χ0n) is 17.1. The van der Waals surface area contributed by atoms with Crippen LogP contribution in [0.25, 0.3) is 5.76 Å². The van der Waals surface area contributed by atoms with E-state index in [9.17, 15) is 14.7 Å². The molecular formula is C24H26N2O4. The van der Waals surface area contributed by atoms with Crippen molar-refractivity contribution in [1.29, 1.82) is 0 Å². The molecule has 1 saturated carbocycles. The van der Waals surface area contributed by atoms with Crippen LogP contribution in [0.3, 0.4) is 0 Å². The van der Waals surface area contributed by atoms with E-state index in [-0.39, 0.29) is 17.4 Å². The first-order valence-corrected chi connectivity index (χ1v) is 10.6. The number of carbonyl (C=O) groups excluding carboxylic acids is 2. The summed E-state index contributed by atoms with van der Waals surface area (Å²) in [7, 11) is 0. The molecule has 1 aliphatic heterocycles. The van der Waals surface area contributed by atoms with Crippen molar-refractivity contribution < 1.29 is 19.4 Å². The molecule has 1 N–H and O–H groups in total. The summed E-state index contributed by atoms with van der Waals surface area (Å²) in [5.74, 6) is -0.698. The maximum atomic E-state index is 13.1. The van der Waals surface area contributed by atoms with Crippen molar-refractivity contribution in [3.05, 3.63) is 65.5 Å². The topological polar surface area (TPSA) is 79.7 Å². The lowest BCUT2D eigenvalue weighted by molar-refractivity contribution is -0.141. The van der Waals surface area contributed by atoms with Gasteiger partial charge in [-0.15, -0.1) is 0 Å². The molecule has 1 aromatic heterocycles. The maximum Gasteiger partial charge on any atom is 0.295 e. The van der Waals surface area contributed by atoms with Gasteiger partial charge in [0.15, 0.2) is 0 Å². The Kier molecular flexibility index (Phi) is 5.84. The molecule has 6 nitrogen and oxygen atoms in total. The molecule has 2 heterocycles. The predicted molar refractivity (Wildman–Crippen MR) is 113 cm³/mol. The third kappa shape index (κ3) is 3.70. The van der Waals surface area contributed by atoms with Gasteiger partial charge in [-0.1, -0.05) is 25.3 Å². The van der Waals surface area contributed by atoms with E-state index in [1.165, 1.54) is 0 Å². The Morgan fingerprint density at radius 3 is 2.47 bits per heavy atom. The van der Waals surface area contributed by atoms with Crippen LogP contribution in [0.4, 0.5) is 0 Å². The maximum absolute atomic E-state index is 13.1. The normalized spacial score (nSPS) is 21.8. The van der Waals surface area contributed by atoms with Crippen molar-refractivity contribution in [3.63, 3.8) is 0 Å². The zero-order chi connectivity index (χ0) is 21.1. The summed E-state index contributed by atoms with van der Waals surface area (Å²) >= 11 is 0. The van der Waals surface area contributed by atoms with E-state index < -0.39 is 17.7 Å². The zero-order valence-corrected chi connectivity index (χ0v) is 17.1. The number of aliphatic hydroxyl groups excluding tert-OH is 1. The number of hydrogen-bond acceptors (Lipinski definition) is 5. The van der Waals surface area contributed by atoms with E-state index in [1.807, 2.05) is 13.0 Å². The summed E-state index contributed by atoms with van der Waals surface area (Å²) in [4.78, 5) is 32.2. The van der Waals surface area contributed by atoms with E-state index in [4.69, 9.17) is 4.74 Å². The molecule has 1 atom stereocenters. The monoisotopic (exact) mass is 406 g/mol. The van der Waals surface area contributed by atoms with Crippen LogP contribution in [0.15, 0.2) is 54.2 Å². The van der Waals surface area contributed by atoms with Crippen LogP contribution < -0.4 is 4.74 Å². The van der Waals surface area contributed by atoms with Crippen LogP contribution in [-0.2, 0) is 9.59 Å². The highest BCUT2D eigenvalue weighted by atomic mass is 16.5. The van der Waals surface area contributed by atoms with Gasteiger partial charge in [0, 0.05) is 17.8 Å². The molecule has 2 aromatic rings. The Morgan fingerprint density at radius 1 is 1.10 bits per heavy atom. The van der Waals surface area contributed by atoms with Crippen molar-refractivity contribution in [3.8, 4) is 5.75 Å². The molecule has 1 amide bonds. The highest BCUT2D eigenvalue weighted by molar-refractivity contribution is 6.46. The second kappa shape index (κ2) is 8.69. The summed E-state index contributed by atoms with van der Waals surface area (Å²) < 4.78 is 5.45. The van der Waals surface area contributed by atoms with E-state index in [0.717, 1.165) is 32.1 Å². The number of hydrogen-bond donors (Lipinski definition) is 1. The number of ether oxygens (including phenoxy) is 1. The van der Waals surface area contributed by atoms with E-state index in [0.29, 0.717) is 23.6 Å². The van der Waals surface area contributed by atoms with Gasteiger partial charge >= 0.3 is 0 Å². The van der Waals surface area contributed by atoms with Crippen molar-refractivity contribution in [2.75, 3.05) is 6.61 Å². The fourth-order valence-electron chi connectivity index (χ4n) is 4.45. The van der Waals surface area contributed by atoms with Gasteiger partial charge in [0.05, 0.1) is 17.9 Å². The number of pyridine rings is 1. The Balaban J connectivity index is 1.80. The van der Waals surface area contributed by atoms with Gasteiger partial charge in [-0.05, 0) is 56.2 Å². The van der Waals surface area contributed by atoms with Gasteiger partial charge < -0.3 is 14.7 Å². The quantitative estimate of drug-likeness (QED) is 0.457. The van der Waals surface area contributed by atoms with Crippen LogP contribution >= 0.6 is 0 Å². The summed E-state index contributed by atoms with van der Waals surface area (Å²) in [6.45, 7) is 2.44. The number of likely N-dealkylation sites (tertiary alicyclic amines) is 1. The predicted octanol–water partition coefficient (Wildman–Crippen LogP) is 4.23. The minimum atomic E-state index is -0.680. The molecule has 0 bridgehead atoms. The van der Waals surface area contributed by atoms with Crippen LogP contribution in [0.2, 0.25) is 0 Å². The van der Waals surface area contributed by atoms with Crippen LogP contribution in [-0.4, -0.2) is 39.3 Å². The van der Waals surface area contributed by atoms with Gasteiger partial charge in [0.2, 0.25) is 0 Å². The number of amides is 1. The highest BCUT2D eigenvalue weighted by Gasteiger charge is 2.49. The second-order valence-corrected chi connectivity index (χ2v) is 7.71. The largest absolute Gasteiger partial charge is 0.507 e. The number of nitrogens with zero attached hydrogens (tertiary/aromatic N) is 2. The lowest BCUT2D eigenvalue weighted by atomic mass is 9.92. The van der Waals surface area contributed by atoms with Gasteiger partial charge in [-0.25, -0.2) is 0 Å². The van der Waals surface area contributed by atoms with Gasteiger partial charge in [0.25, 0.3) is 11.7 Å². The number of aromatic nitrogens is 1. The van der Waals surface area contributed by atoms with E-state index in [1.54, 1.807) is 47.5 Å². The average Bonchev–Trinajstić information content (AvgIpc) is 3.06. The number of ketones is 1. The SMILES string of the molecule is CCOc1ccc(/C(O)=C2/C(=O)C(=O)N(C3CCCCC3)C2c2ccccn2)cc1. The lowest BCUT2D eigenvalue weighted by Crippen LogP contribution is -2.40. The van der Waals surface area contributed by atoms with Crippen molar-refractivity contribution >= 4 is 17.4 Å². The van der Waals surface area contributed by atoms with Crippen LogP contribution in [0.1, 0.15) is 56.3 Å². The number of benzene rings is 1. The van der Waals surface area contributed by atoms with Crippen molar-refractivity contribution in [2.45, 2.75) is 51.1 Å². The Hall–Kier alpha value is -3.15. The molecule has 0 spiro atoms. The molecular weight excluding hydrogens is 380 g/mol. The number of Topliss-reactive ketones (excluding diaryl/α,β-unsaturated/α-hetero) is 1. The third-order valence-corrected chi connectivity index (χ3v) is 5.85. The van der Waals surface area contributed by atoms with E-state index >= 15 is 0 Å². The molecule has 2 fully saturated rings. The first-order valence-electron chi connectivity index (χ1n) is 10.6. The Bertz CT molecular complexity index is 947. The molecule has 30 heavy (non-hydrogen) atoms. The first-order chi connectivity index (χ1) is 14.6. The molecule has 4 rings (SSSR count). The summed E-state index contributed by atoms with van der Waals surface area (Å²) in [6.07, 6.45) is 6.57. The Morgan fingerprint density at radius 2 is 1.83 bits per heavy atom. The molecule has 1 aromatic carbocycles. The van der Waals surface area contributed by atoms with Gasteiger partial charge in [-0.2, -0.15) is 0 Å². The summed E-state index contributed by atoms with van der Waals surface area (Å²) in [6, 6.07) is 11.6. The van der Waals surface area contributed by atoms with Crippen LogP contribution in [0.5, 0.6) is 5.75 Å². The number of rotatable bonds is 5. The fourth-order valence-corrected chi connectivity index (χ4v) is 4.45. The lowest BCUT2D eigenvalue weighted by Gasteiger charge is -2.35. The van der Waals surface area contributed by atoms with Gasteiger partial charge in [0.1, 0.15) is 17.6 Å². The number of aliphatic hydroxyl groups is 1. The average molecular weight is 406 g/mol. The summed E-state index contributed by atoms with van der Waals surface area (Å²) in [5, 5.41) is 11.1.